The van der Waals surface area contributed by atoms with Crippen LogP contribution in [0.25, 0.3) is 0 Å². The minimum atomic E-state index is 0.274. The molecule has 0 aromatic heterocycles. The van der Waals surface area contributed by atoms with Gasteiger partial charge in [0.05, 0.1) is 12.6 Å². The fourth-order valence-corrected chi connectivity index (χ4v) is 3.06. The van der Waals surface area contributed by atoms with Crippen LogP contribution in [-0.2, 0) is 17.6 Å². The molecule has 110 valence electrons. The number of hydrogen-bond acceptors (Lipinski definition) is 3. The standard InChI is InChI=1S/C18H21NO2/c1-21-12-11-13-5-2-3-7-16(13)19-17-10-9-15-14(17)6-4-8-18(15)20/h2-8,17,19-20H,9-12H2,1H3. The molecule has 0 saturated carbocycles. The van der Waals surface area contributed by atoms with E-state index >= 15 is 0 Å². The predicted molar refractivity (Wildman–Crippen MR) is 84.8 cm³/mol. The first-order valence-electron chi connectivity index (χ1n) is 7.43. The molecule has 1 atom stereocenters. The van der Waals surface area contributed by atoms with Crippen LogP contribution in [0, 0.1) is 0 Å². The van der Waals surface area contributed by atoms with E-state index in [1.165, 1.54) is 11.1 Å². The van der Waals surface area contributed by atoms with Crippen molar-refractivity contribution in [3.8, 4) is 5.75 Å². The molecule has 1 aliphatic rings. The molecular weight excluding hydrogens is 262 g/mol. The van der Waals surface area contributed by atoms with Gasteiger partial charge in [-0.15, -0.1) is 0 Å². The van der Waals surface area contributed by atoms with Gasteiger partial charge in [-0.05, 0) is 48.1 Å². The van der Waals surface area contributed by atoms with Crippen molar-refractivity contribution in [1.82, 2.24) is 0 Å². The van der Waals surface area contributed by atoms with E-state index in [2.05, 4.69) is 35.6 Å². The molecule has 3 nitrogen and oxygen atoms in total. The summed E-state index contributed by atoms with van der Waals surface area (Å²) in [6.45, 7) is 0.723. The molecule has 0 saturated heterocycles. The molecule has 2 N–H and O–H groups in total. The van der Waals surface area contributed by atoms with E-state index < -0.39 is 0 Å². The Bertz CT molecular complexity index is 624. The third kappa shape index (κ3) is 2.88. The lowest BCUT2D eigenvalue weighted by Gasteiger charge is -2.18. The molecule has 1 unspecified atom stereocenters. The SMILES string of the molecule is COCCc1ccccc1NC1CCc2c(O)cccc21. The summed E-state index contributed by atoms with van der Waals surface area (Å²) in [7, 11) is 1.73. The normalized spacial score (nSPS) is 16.7. The van der Waals surface area contributed by atoms with E-state index in [1.807, 2.05) is 6.07 Å². The van der Waals surface area contributed by atoms with Gasteiger partial charge in [0.2, 0.25) is 0 Å². The van der Waals surface area contributed by atoms with Gasteiger partial charge < -0.3 is 15.2 Å². The van der Waals surface area contributed by atoms with Crippen molar-refractivity contribution in [3.05, 3.63) is 59.2 Å². The molecule has 0 aliphatic heterocycles. The maximum Gasteiger partial charge on any atom is 0.119 e. The second-order valence-electron chi connectivity index (χ2n) is 5.48. The van der Waals surface area contributed by atoms with Crippen LogP contribution in [0.5, 0.6) is 5.75 Å². The molecule has 2 aromatic carbocycles. The number of fused-ring (bicyclic) bond motifs is 1. The summed E-state index contributed by atoms with van der Waals surface area (Å²) in [6.07, 6.45) is 2.85. The van der Waals surface area contributed by atoms with Gasteiger partial charge in [-0.2, -0.15) is 0 Å². The Hall–Kier alpha value is -2.00. The summed E-state index contributed by atoms with van der Waals surface area (Å²) in [6, 6.07) is 14.4. The van der Waals surface area contributed by atoms with Crippen LogP contribution in [-0.4, -0.2) is 18.8 Å². The summed E-state index contributed by atoms with van der Waals surface area (Å²) in [4.78, 5) is 0. The van der Waals surface area contributed by atoms with Gasteiger partial charge in [-0.1, -0.05) is 30.3 Å². The number of phenolic OH excluding ortho intramolecular Hbond substituents is 1. The molecule has 2 aromatic rings. The van der Waals surface area contributed by atoms with Crippen molar-refractivity contribution in [2.24, 2.45) is 0 Å². The first kappa shape index (κ1) is 14.0. The number of methoxy groups -OCH3 is 1. The first-order valence-corrected chi connectivity index (χ1v) is 7.43. The molecule has 0 bridgehead atoms. The minimum Gasteiger partial charge on any atom is -0.508 e. The van der Waals surface area contributed by atoms with E-state index in [0.717, 1.165) is 37.1 Å². The largest absolute Gasteiger partial charge is 0.508 e. The maximum atomic E-state index is 9.94. The molecule has 0 radical (unpaired) electrons. The Morgan fingerprint density at radius 2 is 2.05 bits per heavy atom. The van der Waals surface area contributed by atoms with Crippen molar-refractivity contribution < 1.29 is 9.84 Å². The minimum absolute atomic E-state index is 0.274. The van der Waals surface area contributed by atoms with Crippen molar-refractivity contribution in [1.29, 1.82) is 0 Å². The molecule has 3 rings (SSSR count). The lowest BCUT2D eigenvalue weighted by molar-refractivity contribution is 0.202. The average molecular weight is 283 g/mol. The lowest BCUT2D eigenvalue weighted by atomic mass is 10.1. The van der Waals surface area contributed by atoms with Crippen molar-refractivity contribution in [2.75, 3.05) is 19.0 Å². The van der Waals surface area contributed by atoms with Gasteiger partial charge in [0.1, 0.15) is 5.75 Å². The van der Waals surface area contributed by atoms with Crippen LogP contribution in [0.2, 0.25) is 0 Å². The Kier molecular flexibility index (Phi) is 4.11. The van der Waals surface area contributed by atoms with E-state index in [0.29, 0.717) is 5.75 Å². The monoisotopic (exact) mass is 283 g/mol. The highest BCUT2D eigenvalue weighted by atomic mass is 16.5. The number of rotatable bonds is 5. The number of phenols is 1. The van der Waals surface area contributed by atoms with Crippen LogP contribution in [0.1, 0.15) is 29.2 Å². The number of ether oxygens (including phenoxy) is 1. The molecular formula is C18H21NO2. The van der Waals surface area contributed by atoms with Gasteiger partial charge in [0, 0.05) is 12.8 Å². The quantitative estimate of drug-likeness (QED) is 0.879. The highest BCUT2D eigenvalue weighted by molar-refractivity contribution is 5.55. The smallest absolute Gasteiger partial charge is 0.119 e. The van der Waals surface area contributed by atoms with E-state index in [9.17, 15) is 5.11 Å². The van der Waals surface area contributed by atoms with Gasteiger partial charge in [-0.25, -0.2) is 0 Å². The highest BCUT2D eigenvalue weighted by Crippen LogP contribution is 2.38. The second kappa shape index (κ2) is 6.19. The Morgan fingerprint density at radius 3 is 2.90 bits per heavy atom. The van der Waals surface area contributed by atoms with Crippen molar-refractivity contribution in [2.45, 2.75) is 25.3 Å². The van der Waals surface area contributed by atoms with Crippen LogP contribution in [0.15, 0.2) is 42.5 Å². The number of nitrogens with one attached hydrogen (secondary N) is 1. The molecule has 21 heavy (non-hydrogen) atoms. The molecule has 1 aliphatic carbocycles. The van der Waals surface area contributed by atoms with Gasteiger partial charge >= 0.3 is 0 Å². The molecule has 3 heteroatoms. The third-order valence-corrected chi connectivity index (χ3v) is 4.17. The van der Waals surface area contributed by atoms with Crippen molar-refractivity contribution >= 4 is 5.69 Å². The summed E-state index contributed by atoms with van der Waals surface area (Å²) < 4.78 is 5.18. The van der Waals surface area contributed by atoms with Crippen molar-refractivity contribution in [3.63, 3.8) is 0 Å². The maximum absolute atomic E-state index is 9.94. The summed E-state index contributed by atoms with van der Waals surface area (Å²) in [5.41, 5.74) is 4.74. The van der Waals surface area contributed by atoms with Crippen LogP contribution >= 0.6 is 0 Å². The molecule has 0 fully saturated rings. The van der Waals surface area contributed by atoms with Crippen LogP contribution in [0.3, 0.4) is 0 Å². The lowest BCUT2D eigenvalue weighted by Crippen LogP contribution is -2.09. The Labute approximate surface area is 125 Å². The summed E-state index contributed by atoms with van der Waals surface area (Å²) >= 11 is 0. The number of aromatic hydroxyl groups is 1. The number of anilines is 1. The van der Waals surface area contributed by atoms with E-state index in [-0.39, 0.29) is 6.04 Å². The highest BCUT2D eigenvalue weighted by Gasteiger charge is 2.24. The average Bonchev–Trinajstić information content (AvgIpc) is 2.91. The third-order valence-electron chi connectivity index (χ3n) is 4.17. The van der Waals surface area contributed by atoms with Gasteiger partial charge in [0.25, 0.3) is 0 Å². The summed E-state index contributed by atoms with van der Waals surface area (Å²) in [5, 5.41) is 13.6. The fourth-order valence-electron chi connectivity index (χ4n) is 3.06. The zero-order valence-electron chi connectivity index (χ0n) is 12.3. The van der Waals surface area contributed by atoms with E-state index in [4.69, 9.17) is 4.74 Å². The topological polar surface area (TPSA) is 41.5 Å². The fraction of sp³-hybridized carbons (Fsp3) is 0.333. The van der Waals surface area contributed by atoms with Gasteiger partial charge in [0.15, 0.2) is 0 Å². The molecule has 0 heterocycles. The Balaban J connectivity index is 1.82. The summed E-state index contributed by atoms with van der Waals surface area (Å²) in [5.74, 6) is 0.421. The molecule has 0 spiro atoms. The Morgan fingerprint density at radius 1 is 1.19 bits per heavy atom. The van der Waals surface area contributed by atoms with Crippen LogP contribution < -0.4 is 5.32 Å². The predicted octanol–water partition coefficient (Wildman–Crippen LogP) is 3.68. The molecule has 0 amide bonds. The number of hydrogen-bond donors (Lipinski definition) is 2. The first-order chi connectivity index (χ1) is 10.3. The van der Waals surface area contributed by atoms with Crippen LogP contribution in [0.4, 0.5) is 5.69 Å². The zero-order valence-corrected chi connectivity index (χ0v) is 12.3. The van der Waals surface area contributed by atoms with Gasteiger partial charge in [-0.3, -0.25) is 0 Å². The second-order valence-corrected chi connectivity index (χ2v) is 5.48. The van der Waals surface area contributed by atoms with E-state index in [1.54, 1.807) is 13.2 Å². The zero-order chi connectivity index (χ0) is 14.7. The number of benzene rings is 2. The number of para-hydroxylation sites is 1.